The van der Waals surface area contributed by atoms with Crippen LogP contribution >= 0.6 is 0 Å². The van der Waals surface area contributed by atoms with Gasteiger partial charge in [-0.1, -0.05) is 30.3 Å². The lowest BCUT2D eigenvalue weighted by Crippen LogP contribution is -2.54. The van der Waals surface area contributed by atoms with Gasteiger partial charge in [-0.25, -0.2) is 0 Å². The number of nitrogens with one attached hydrogen (secondary N) is 2. The Labute approximate surface area is 204 Å². The molecule has 8 nitrogen and oxygen atoms in total. The molecular formula is C27H32N4O4. The summed E-state index contributed by atoms with van der Waals surface area (Å²) >= 11 is 0. The number of nitrogens with zero attached hydrogens (tertiary/aromatic N) is 2. The van der Waals surface area contributed by atoms with Crippen molar-refractivity contribution >= 4 is 28.6 Å². The highest BCUT2D eigenvalue weighted by molar-refractivity contribution is 5.91. The number of carboxylic acid groups (broad SMARTS) is 1. The van der Waals surface area contributed by atoms with Crippen LogP contribution in [-0.2, 0) is 20.8 Å². The van der Waals surface area contributed by atoms with Gasteiger partial charge < -0.3 is 15.4 Å². The number of carboxylic acids is 1. The predicted molar refractivity (Wildman–Crippen MR) is 133 cm³/mol. The van der Waals surface area contributed by atoms with E-state index in [0.717, 1.165) is 23.0 Å². The van der Waals surface area contributed by atoms with Gasteiger partial charge in [0.2, 0.25) is 5.91 Å². The van der Waals surface area contributed by atoms with Gasteiger partial charge in [-0.05, 0) is 56.3 Å². The number of hydrogen-bond acceptors (Lipinski definition) is 5. The number of carbonyl (C=O) groups excluding carboxylic acids is 2. The van der Waals surface area contributed by atoms with Gasteiger partial charge in [0.25, 0.3) is 0 Å². The summed E-state index contributed by atoms with van der Waals surface area (Å²) in [6.07, 6.45) is 5.80. The van der Waals surface area contributed by atoms with Gasteiger partial charge in [-0.3, -0.25) is 24.3 Å². The quantitative estimate of drug-likeness (QED) is 0.414. The van der Waals surface area contributed by atoms with Crippen molar-refractivity contribution in [1.29, 1.82) is 0 Å². The number of aryl methyl sites for hydroxylation is 1. The van der Waals surface area contributed by atoms with Crippen molar-refractivity contribution < 1.29 is 19.5 Å². The van der Waals surface area contributed by atoms with E-state index in [0.29, 0.717) is 32.4 Å². The van der Waals surface area contributed by atoms with Crippen LogP contribution in [0.4, 0.5) is 0 Å². The first-order valence-electron chi connectivity index (χ1n) is 12.2. The third-order valence-electron chi connectivity index (χ3n) is 6.86. The SMILES string of the molecule is C[C@H](NC(=O)[C@H]1C[C@@H](c2ccccc2)CCN1CCC(=O)O)C(=O)CCc1cc2cnccc2[nH]1. The Kier molecular flexibility index (Phi) is 7.92. The van der Waals surface area contributed by atoms with E-state index in [1.807, 2.05) is 35.2 Å². The molecule has 3 heterocycles. The zero-order valence-corrected chi connectivity index (χ0v) is 19.9. The number of benzene rings is 1. The number of amides is 1. The van der Waals surface area contributed by atoms with E-state index in [2.05, 4.69) is 27.4 Å². The molecular weight excluding hydrogens is 444 g/mol. The van der Waals surface area contributed by atoms with Gasteiger partial charge in [0.15, 0.2) is 5.78 Å². The van der Waals surface area contributed by atoms with Crippen LogP contribution in [0, 0.1) is 0 Å². The highest BCUT2D eigenvalue weighted by Gasteiger charge is 2.35. The average molecular weight is 477 g/mol. The second-order valence-corrected chi connectivity index (χ2v) is 9.28. The maximum Gasteiger partial charge on any atom is 0.304 e. The lowest BCUT2D eigenvalue weighted by atomic mass is 9.84. The number of carbonyl (C=O) groups is 3. The number of H-pyrrole nitrogens is 1. The molecule has 1 aromatic carbocycles. The van der Waals surface area contributed by atoms with Crippen molar-refractivity contribution in [3.63, 3.8) is 0 Å². The molecule has 0 saturated carbocycles. The minimum Gasteiger partial charge on any atom is -0.481 e. The normalized spacial score (nSPS) is 19.3. The van der Waals surface area contributed by atoms with Crippen LogP contribution in [0.25, 0.3) is 10.9 Å². The molecule has 1 fully saturated rings. The first-order chi connectivity index (χ1) is 16.9. The number of piperidine rings is 1. The fourth-order valence-electron chi connectivity index (χ4n) is 4.85. The van der Waals surface area contributed by atoms with E-state index in [1.54, 1.807) is 19.3 Å². The van der Waals surface area contributed by atoms with E-state index in [1.165, 1.54) is 5.56 Å². The summed E-state index contributed by atoms with van der Waals surface area (Å²) in [5, 5.41) is 13.0. The number of likely N-dealkylation sites (tertiary alicyclic amines) is 1. The molecule has 3 N–H and O–H groups in total. The molecule has 0 radical (unpaired) electrons. The second-order valence-electron chi connectivity index (χ2n) is 9.28. The molecule has 2 aromatic heterocycles. The molecule has 1 saturated heterocycles. The van der Waals surface area contributed by atoms with E-state index in [4.69, 9.17) is 5.11 Å². The highest BCUT2D eigenvalue weighted by atomic mass is 16.4. The van der Waals surface area contributed by atoms with Crippen LogP contribution in [0.2, 0.25) is 0 Å². The molecule has 3 atom stereocenters. The summed E-state index contributed by atoms with van der Waals surface area (Å²) in [7, 11) is 0. The molecule has 1 amide bonds. The Balaban J connectivity index is 1.37. The number of aromatic amines is 1. The van der Waals surface area contributed by atoms with Gasteiger partial charge in [-0.2, -0.15) is 0 Å². The molecule has 0 spiro atoms. The first kappa shape index (κ1) is 24.6. The van der Waals surface area contributed by atoms with Crippen LogP contribution in [0.5, 0.6) is 0 Å². The summed E-state index contributed by atoms with van der Waals surface area (Å²) in [6, 6.07) is 12.9. The maximum atomic E-state index is 13.3. The summed E-state index contributed by atoms with van der Waals surface area (Å²) in [5.41, 5.74) is 3.12. The van der Waals surface area contributed by atoms with Crippen LogP contribution < -0.4 is 5.32 Å². The van der Waals surface area contributed by atoms with Crippen molar-refractivity contribution in [3.05, 3.63) is 66.1 Å². The van der Waals surface area contributed by atoms with Crippen LogP contribution in [0.3, 0.4) is 0 Å². The minimum absolute atomic E-state index is 0.0196. The monoisotopic (exact) mass is 476 g/mol. The Morgan fingerprint density at radius 1 is 1.20 bits per heavy atom. The number of fused-ring (bicyclic) bond motifs is 1. The van der Waals surface area contributed by atoms with E-state index >= 15 is 0 Å². The summed E-state index contributed by atoms with van der Waals surface area (Å²) in [4.78, 5) is 46.6. The highest BCUT2D eigenvalue weighted by Crippen LogP contribution is 2.32. The van der Waals surface area contributed by atoms with Crippen molar-refractivity contribution in [3.8, 4) is 0 Å². The molecule has 0 aliphatic carbocycles. The second kappa shape index (κ2) is 11.3. The topological polar surface area (TPSA) is 115 Å². The summed E-state index contributed by atoms with van der Waals surface area (Å²) in [5.74, 6) is -0.919. The van der Waals surface area contributed by atoms with Gasteiger partial charge in [0.1, 0.15) is 0 Å². The molecule has 3 aromatic rings. The molecule has 0 bridgehead atoms. The lowest BCUT2D eigenvalue weighted by molar-refractivity contribution is -0.139. The van der Waals surface area contributed by atoms with Gasteiger partial charge >= 0.3 is 5.97 Å². The maximum absolute atomic E-state index is 13.3. The van der Waals surface area contributed by atoms with E-state index < -0.39 is 18.1 Å². The predicted octanol–water partition coefficient (Wildman–Crippen LogP) is 3.29. The molecule has 4 rings (SSSR count). The fourth-order valence-corrected chi connectivity index (χ4v) is 4.85. The Morgan fingerprint density at radius 2 is 2.00 bits per heavy atom. The fraction of sp³-hybridized carbons (Fsp3) is 0.407. The minimum atomic E-state index is -0.884. The largest absolute Gasteiger partial charge is 0.481 e. The summed E-state index contributed by atoms with van der Waals surface area (Å²) < 4.78 is 0. The molecule has 1 aliphatic heterocycles. The zero-order valence-electron chi connectivity index (χ0n) is 19.9. The molecule has 0 unspecified atom stereocenters. The van der Waals surface area contributed by atoms with Crippen molar-refractivity contribution in [2.75, 3.05) is 13.1 Å². The number of aliphatic carboxylic acids is 1. The van der Waals surface area contributed by atoms with E-state index in [-0.39, 0.29) is 24.0 Å². The lowest BCUT2D eigenvalue weighted by Gasteiger charge is -2.39. The molecule has 35 heavy (non-hydrogen) atoms. The van der Waals surface area contributed by atoms with Crippen LogP contribution in [-0.4, -0.2) is 62.8 Å². The number of Topliss-reactive ketones (excluding diaryl/α,β-unsaturated/α-hetero) is 1. The number of pyridine rings is 1. The molecule has 8 heteroatoms. The zero-order chi connectivity index (χ0) is 24.8. The molecule has 184 valence electrons. The number of hydrogen-bond donors (Lipinski definition) is 3. The Bertz CT molecular complexity index is 1140. The van der Waals surface area contributed by atoms with Crippen LogP contribution in [0.15, 0.2) is 54.9 Å². The average Bonchev–Trinajstić information content (AvgIpc) is 3.29. The van der Waals surface area contributed by atoms with E-state index in [9.17, 15) is 14.4 Å². The van der Waals surface area contributed by atoms with Gasteiger partial charge in [0, 0.05) is 42.0 Å². The number of ketones is 1. The van der Waals surface area contributed by atoms with Gasteiger partial charge in [-0.15, -0.1) is 0 Å². The first-order valence-corrected chi connectivity index (χ1v) is 12.2. The van der Waals surface area contributed by atoms with Crippen LogP contribution in [0.1, 0.15) is 49.8 Å². The van der Waals surface area contributed by atoms with Crippen molar-refractivity contribution in [1.82, 2.24) is 20.2 Å². The number of aromatic nitrogens is 2. The third kappa shape index (κ3) is 6.33. The van der Waals surface area contributed by atoms with Crippen molar-refractivity contribution in [2.24, 2.45) is 0 Å². The Hall–Kier alpha value is -3.52. The smallest absolute Gasteiger partial charge is 0.304 e. The van der Waals surface area contributed by atoms with Crippen molar-refractivity contribution in [2.45, 2.75) is 57.0 Å². The Morgan fingerprint density at radius 3 is 2.74 bits per heavy atom. The summed E-state index contributed by atoms with van der Waals surface area (Å²) in [6.45, 7) is 2.67. The third-order valence-corrected chi connectivity index (χ3v) is 6.86. The molecule has 1 aliphatic rings. The number of rotatable bonds is 10. The van der Waals surface area contributed by atoms with Gasteiger partial charge in [0.05, 0.1) is 18.5 Å². The standard InChI is InChI=1S/C27H32N4O4/c1-18(25(32)8-7-22-15-21-17-28-12-9-23(21)30-22)29-27(35)24-16-20(19-5-3-2-4-6-19)10-13-31(24)14-11-26(33)34/h2-6,9,12,15,17-18,20,24,30H,7-8,10-11,13-14,16H2,1H3,(H,29,35)(H,33,34)/t18-,20-,24+/m0/s1.